The number of thiophene rings is 2. The van der Waals surface area contributed by atoms with E-state index in [-0.39, 0.29) is 11.8 Å². The number of urea groups is 1. The summed E-state index contributed by atoms with van der Waals surface area (Å²) in [5.74, 6) is 0.0860. The van der Waals surface area contributed by atoms with Gasteiger partial charge in [0.05, 0.1) is 11.4 Å². The summed E-state index contributed by atoms with van der Waals surface area (Å²) in [5.41, 5.74) is 0. The normalized spacial score (nSPS) is 10.2. The lowest BCUT2D eigenvalue weighted by molar-refractivity contribution is 0.102. The Morgan fingerprint density at radius 1 is 1.15 bits per heavy atom. The van der Waals surface area contributed by atoms with Crippen molar-refractivity contribution in [1.82, 2.24) is 10.6 Å². The molecule has 0 atom stereocenters. The number of nitrogens with one attached hydrogen (secondary N) is 2. The van der Waals surface area contributed by atoms with E-state index >= 15 is 0 Å². The molecule has 2 rings (SSSR count). The molecule has 2 N–H and O–H groups in total. The number of carbonyl (C=O) groups is 2. The summed E-state index contributed by atoms with van der Waals surface area (Å²) in [6.45, 7) is 2.68. The molecule has 0 saturated carbocycles. The van der Waals surface area contributed by atoms with E-state index in [0.29, 0.717) is 13.1 Å². The first kappa shape index (κ1) is 14.7. The molecule has 106 valence electrons. The molecular formula is C14H16N2O2S2. The fraction of sp³-hybridized carbons (Fsp3) is 0.286. The molecule has 0 aliphatic rings. The molecule has 0 aromatic carbocycles. The Balaban J connectivity index is 1.67. The molecule has 4 nitrogen and oxygen atoms in total. The van der Waals surface area contributed by atoms with Crippen molar-refractivity contribution < 1.29 is 9.59 Å². The largest absolute Gasteiger partial charge is 0.338 e. The standard InChI is InChI=1S/C14H16N2O2S2/c1-10(17)13-5-4-11(20-13)6-7-15-14(18)16-9-12-3-2-8-19-12/h2-5,8H,6-7,9H2,1H3,(H2,15,16,18). The molecule has 2 amide bonds. The summed E-state index contributed by atoms with van der Waals surface area (Å²) < 4.78 is 0. The molecule has 0 bridgehead atoms. The van der Waals surface area contributed by atoms with Crippen LogP contribution in [0.2, 0.25) is 0 Å². The van der Waals surface area contributed by atoms with Crippen LogP contribution in [0.25, 0.3) is 0 Å². The Kier molecular flexibility index (Phi) is 5.31. The number of amides is 2. The van der Waals surface area contributed by atoms with Gasteiger partial charge in [0.1, 0.15) is 0 Å². The third kappa shape index (κ3) is 4.47. The van der Waals surface area contributed by atoms with Crippen LogP contribution in [0.15, 0.2) is 29.6 Å². The first-order valence-electron chi connectivity index (χ1n) is 6.29. The second-order valence-corrected chi connectivity index (χ2v) is 6.46. The van der Waals surface area contributed by atoms with Gasteiger partial charge in [-0.2, -0.15) is 0 Å². The van der Waals surface area contributed by atoms with Gasteiger partial charge in [-0.25, -0.2) is 4.79 Å². The summed E-state index contributed by atoms with van der Waals surface area (Å²) in [5, 5.41) is 7.60. The summed E-state index contributed by atoms with van der Waals surface area (Å²) in [6.07, 6.45) is 0.740. The Bertz CT molecular complexity index is 576. The zero-order valence-corrected chi connectivity index (χ0v) is 12.8. The third-order valence-corrected chi connectivity index (χ3v) is 4.79. The second-order valence-electron chi connectivity index (χ2n) is 4.26. The minimum Gasteiger partial charge on any atom is -0.338 e. The number of hydrogen-bond acceptors (Lipinski definition) is 4. The van der Waals surface area contributed by atoms with Gasteiger partial charge in [0.15, 0.2) is 5.78 Å². The van der Waals surface area contributed by atoms with Crippen molar-refractivity contribution in [1.29, 1.82) is 0 Å². The Morgan fingerprint density at radius 2 is 2.00 bits per heavy atom. The van der Waals surface area contributed by atoms with E-state index in [1.165, 1.54) is 11.3 Å². The molecule has 2 aromatic rings. The minimum atomic E-state index is -0.165. The van der Waals surface area contributed by atoms with Crippen LogP contribution in [0.3, 0.4) is 0 Å². The monoisotopic (exact) mass is 308 g/mol. The zero-order valence-electron chi connectivity index (χ0n) is 11.1. The molecular weight excluding hydrogens is 292 g/mol. The summed E-state index contributed by atoms with van der Waals surface area (Å²) in [4.78, 5) is 25.7. The van der Waals surface area contributed by atoms with Crippen LogP contribution in [-0.4, -0.2) is 18.4 Å². The highest BCUT2D eigenvalue weighted by Gasteiger charge is 2.05. The highest BCUT2D eigenvalue weighted by Crippen LogP contribution is 2.17. The fourth-order valence-electron chi connectivity index (χ4n) is 1.64. The van der Waals surface area contributed by atoms with Gasteiger partial charge in [-0.15, -0.1) is 22.7 Å². The SMILES string of the molecule is CC(=O)c1ccc(CCNC(=O)NCc2cccs2)s1. The lowest BCUT2D eigenvalue weighted by atomic mass is 10.3. The minimum absolute atomic E-state index is 0.0860. The van der Waals surface area contributed by atoms with Crippen LogP contribution < -0.4 is 10.6 Å². The van der Waals surface area contributed by atoms with Crippen molar-refractivity contribution >= 4 is 34.5 Å². The number of carbonyl (C=O) groups excluding carboxylic acids is 2. The van der Waals surface area contributed by atoms with Gasteiger partial charge < -0.3 is 10.6 Å². The third-order valence-electron chi connectivity index (χ3n) is 2.67. The van der Waals surface area contributed by atoms with Crippen LogP contribution in [0.4, 0.5) is 4.79 Å². The predicted molar refractivity (Wildman–Crippen MR) is 82.6 cm³/mol. The number of ketones is 1. The van der Waals surface area contributed by atoms with Gasteiger partial charge in [0.25, 0.3) is 0 Å². The maximum atomic E-state index is 11.6. The lowest BCUT2D eigenvalue weighted by Gasteiger charge is -2.05. The molecule has 0 aliphatic carbocycles. The molecule has 0 saturated heterocycles. The van der Waals surface area contributed by atoms with Gasteiger partial charge in [-0.1, -0.05) is 6.07 Å². The van der Waals surface area contributed by atoms with E-state index in [1.54, 1.807) is 18.3 Å². The predicted octanol–water partition coefficient (Wildman–Crippen LogP) is 3.05. The van der Waals surface area contributed by atoms with Gasteiger partial charge in [-0.3, -0.25) is 4.79 Å². The van der Waals surface area contributed by atoms with E-state index in [2.05, 4.69) is 10.6 Å². The van der Waals surface area contributed by atoms with Crippen LogP contribution in [0, 0.1) is 0 Å². The Morgan fingerprint density at radius 3 is 2.65 bits per heavy atom. The molecule has 0 aliphatic heterocycles. The van der Waals surface area contributed by atoms with Crippen LogP contribution >= 0.6 is 22.7 Å². The highest BCUT2D eigenvalue weighted by atomic mass is 32.1. The van der Waals surface area contributed by atoms with E-state index in [4.69, 9.17) is 0 Å². The summed E-state index contributed by atoms with van der Waals surface area (Å²) in [7, 11) is 0. The van der Waals surface area contributed by atoms with E-state index in [9.17, 15) is 9.59 Å². The quantitative estimate of drug-likeness (QED) is 0.806. The van der Waals surface area contributed by atoms with Crippen molar-refractivity contribution in [3.8, 4) is 0 Å². The van der Waals surface area contributed by atoms with Crippen LogP contribution in [0.5, 0.6) is 0 Å². The average Bonchev–Trinajstić information content (AvgIpc) is 3.07. The van der Waals surface area contributed by atoms with Gasteiger partial charge in [-0.05, 0) is 36.9 Å². The molecule has 6 heteroatoms. The topological polar surface area (TPSA) is 58.2 Å². The number of Topliss-reactive ketones (excluding diaryl/α,β-unsaturated/α-hetero) is 1. The first-order valence-corrected chi connectivity index (χ1v) is 7.98. The Hall–Kier alpha value is -1.66. The van der Waals surface area contributed by atoms with Gasteiger partial charge >= 0.3 is 6.03 Å². The Labute approximate surface area is 125 Å². The zero-order chi connectivity index (χ0) is 14.4. The number of hydrogen-bond donors (Lipinski definition) is 2. The van der Waals surface area contributed by atoms with Gasteiger partial charge in [0, 0.05) is 16.3 Å². The van der Waals surface area contributed by atoms with Crippen molar-refractivity contribution in [3.63, 3.8) is 0 Å². The molecule has 0 radical (unpaired) electrons. The average molecular weight is 308 g/mol. The molecule has 0 spiro atoms. The lowest BCUT2D eigenvalue weighted by Crippen LogP contribution is -2.35. The fourth-order valence-corrected chi connectivity index (χ4v) is 3.19. The number of rotatable bonds is 6. The molecule has 0 fully saturated rings. The van der Waals surface area contributed by atoms with Crippen molar-refractivity contribution in [3.05, 3.63) is 44.3 Å². The molecule has 20 heavy (non-hydrogen) atoms. The van der Waals surface area contributed by atoms with E-state index in [1.807, 2.05) is 29.6 Å². The summed E-state index contributed by atoms with van der Waals surface area (Å²) in [6, 6.07) is 7.55. The molecule has 2 heterocycles. The van der Waals surface area contributed by atoms with Crippen LogP contribution in [0.1, 0.15) is 26.3 Å². The van der Waals surface area contributed by atoms with Gasteiger partial charge in [0.2, 0.25) is 0 Å². The molecule has 0 unspecified atom stereocenters. The summed E-state index contributed by atoms with van der Waals surface area (Å²) >= 11 is 3.10. The highest BCUT2D eigenvalue weighted by molar-refractivity contribution is 7.14. The second kappa shape index (κ2) is 7.21. The van der Waals surface area contributed by atoms with Crippen molar-refractivity contribution in [2.24, 2.45) is 0 Å². The van der Waals surface area contributed by atoms with E-state index < -0.39 is 0 Å². The molecule has 2 aromatic heterocycles. The first-order chi connectivity index (χ1) is 9.65. The maximum Gasteiger partial charge on any atom is 0.315 e. The van der Waals surface area contributed by atoms with E-state index in [0.717, 1.165) is 21.1 Å². The van der Waals surface area contributed by atoms with Crippen LogP contribution in [-0.2, 0) is 13.0 Å². The van der Waals surface area contributed by atoms with Crippen molar-refractivity contribution in [2.75, 3.05) is 6.54 Å². The maximum absolute atomic E-state index is 11.6. The smallest absolute Gasteiger partial charge is 0.315 e. The van der Waals surface area contributed by atoms with Crippen molar-refractivity contribution in [2.45, 2.75) is 19.9 Å².